The van der Waals surface area contributed by atoms with Crippen molar-refractivity contribution in [2.45, 2.75) is 64.7 Å². The fraction of sp³-hybridized carbons (Fsp3) is 0.929. The number of carbonyl (C=O) groups excluding carboxylic acids is 1. The van der Waals surface area contributed by atoms with Gasteiger partial charge in [0.2, 0.25) is 5.91 Å². The number of hydrogen-bond acceptors (Lipinski definition) is 3. The fourth-order valence-electron chi connectivity index (χ4n) is 2.53. The van der Waals surface area contributed by atoms with Crippen molar-refractivity contribution in [1.29, 1.82) is 0 Å². The molecule has 0 aromatic heterocycles. The van der Waals surface area contributed by atoms with Crippen LogP contribution in [0.15, 0.2) is 0 Å². The van der Waals surface area contributed by atoms with E-state index in [9.17, 15) is 4.79 Å². The summed E-state index contributed by atoms with van der Waals surface area (Å²) >= 11 is 0. The number of nitrogens with one attached hydrogen (secondary N) is 1. The van der Waals surface area contributed by atoms with Crippen molar-refractivity contribution in [2.24, 2.45) is 5.92 Å². The predicted octanol–water partition coefficient (Wildman–Crippen LogP) is 2.12. The minimum absolute atomic E-state index is 0.0207. The maximum Gasteiger partial charge on any atom is 0.249 e. The Balaban J connectivity index is 2.46. The quantitative estimate of drug-likeness (QED) is 0.793. The summed E-state index contributed by atoms with van der Waals surface area (Å²) in [5.41, 5.74) is 0. The van der Waals surface area contributed by atoms with Gasteiger partial charge in [-0.2, -0.15) is 0 Å². The predicted molar refractivity (Wildman–Crippen MR) is 71.4 cm³/mol. The lowest BCUT2D eigenvalue weighted by Crippen LogP contribution is -2.47. The number of amides is 1. The Kier molecular flexibility index (Phi) is 6.65. The minimum atomic E-state index is -0.376. The Morgan fingerprint density at radius 3 is 2.67 bits per heavy atom. The van der Waals surface area contributed by atoms with Crippen LogP contribution < -0.4 is 5.32 Å². The fourth-order valence-corrected chi connectivity index (χ4v) is 2.53. The topological polar surface area (TPSA) is 47.6 Å². The SMILES string of the molecule is CCC(CC)[C@@H]1C[C@@H](NC(=O)[C@H](C)OC)CCO1. The standard InChI is InChI=1S/C14H27NO3/c1-5-11(6-2)13-9-12(7-8-18-13)15-14(16)10(3)17-4/h10-13H,5-9H2,1-4H3,(H,15,16)/t10-,12-,13-/m0/s1. The van der Waals surface area contributed by atoms with Gasteiger partial charge in [-0.25, -0.2) is 0 Å². The molecule has 0 unspecified atom stereocenters. The number of rotatable bonds is 6. The van der Waals surface area contributed by atoms with Crippen molar-refractivity contribution in [3.63, 3.8) is 0 Å². The summed E-state index contributed by atoms with van der Waals surface area (Å²) in [6.07, 6.45) is 4.01. The van der Waals surface area contributed by atoms with Crippen molar-refractivity contribution in [2.75, 3.05) is 13.7 Å². The van der Waals surface area contributed by atoms with Crippen LogP contribution >= 0.6 is 0 Å². The van der Waals surface area contributed by atoms with Gasteiger partial charge in [0.05, 0.1) is 6.10 Å². The van der Waals surface area contributed by atoms with Gasteiger partial charge in [0.25, 0.3) is 0 Å². The van der Waals surface area contributed by atoms with Gasteiger partial charge < -0.3 is 14.8 Å². The van der Waals surface area contributed by atoms with Gasteiger partial charge in [-0.3, -0.25) is 4.79 Å². The van der Waals surface area contributed by atoms with Crippen LogP contribution in [0.4, 0.5) is 0 Å². The molecule has 0 aromatic rings. The van der Waals surface area contributed by atoms with E-state index in [0.29, 0.717) is 5.92 Å². The van der Waals surface area contributed by atoms with Crippen molar-refractivity contribution in [3.05, 3.63) is 0 Å². The third kappa shape index (κ3) is 4.25. The number of ether oxygens (including phenoxy) is 2. The van der Waals surface area contributed by atoms with Crippen LogP contribution in [0.1, 0.15) is 46.5 Å². The Hall–Kier alpha value is -0.610. The zero-order valence-corrected chi connectivity index (χ0v) is 12.1. The maximum atomic E-state index is 11.8. The average molecular weight is 257 g/mol. The molecule has 1 fully saturated rings. The van der Waals surface area contributed by atoms with Crippen molar-refractivity contribution in [3.8, 4) is 0 Å². The second-order valence-corrected chi connectivity index (χ2v) is 5.09. The summed E-state index contributed by atoms with van der Waals surface area (Å²) in [4.78, 5) is 11.8. The van der Waals surface area contributed by atoms with Gasteiger partial charge >= 0.3 is 0 Å². The number of hydrogen-bond donors (Lipinski definition) is 1. The number of carbonyl (C=O) groups is 1. The molecule has 106 valence electrons. The van der Waals surface area contributed by atoms with Gasteiger partial charge in [-0.05, 0) is 25.7 Å². The van der Waals surface area contributed by atoms with Crippen LogP contribution in [0, 0.1) is 5.92 Å². The highest BCUT2D eigenvalue weighted by Crippen LogP contribution is 2.25. The Morgan fingerprint density at radius 2 is 2.11 bits per heavy atom. The summed E-state index contributed by atoms with van der Waals surface area (Å²) in [7, 11) is 1.56. The van der Waals surface area contributed by atoms with E-state index in [1.807, 2.05) is 0 Å². The maximum absolute atomic E-state index is 11.8. The third-order valence-corrected chi connectivity index (χ3v) is 3.96. The lowest BCUT2D eigenvalue weighted by molar-refractivity contribution is -0.132. The average Bonchev–Trinajstić information content (AvgIpc) is 2.39. The van der Waals surface area contributed by atoms with Crippen LogP contribution in [0.5, 0.6) is 0 Å². The summed E-state index contributed by atoms with van der Waals surface area (Å²) in [5.74, 6) is 0.581. The Morgan fingerprint density at radius 1 is 1.44 bits per heavy atom. The van der Waals surface area contributed by atoms with Crippen LogP contribution in [0.3, 0.4) is 0 Å². The lowest BCUT2D eigenvalue weighted by Gasteiger charge is -2.34. The van der Waals surface area contributed by atoms with Crippen molar-refractivity contribution < 1.29 is 14.3 Å². The number of methoxy groups -OCH3 is 1. The third-order valence-electron chi connectivity index (χ3n) is 3.96. The van der Waals surface area contributed by atoms with Crippen LogP contribution in [0.2, 0.25) is 0 Å². The summed E-state index contributed by atoms with van der Waals surface area (Å²) in [5, 5.41) is 3.06. The highest BCUT2D eigenvalue weighted by molar-refractivity contribution is 5.80. The molecule has 0 spiro atoms. The van der Waals surface area contributed by atoms with E-state index in [1.165, 1.54) is 0 Å². The van der Waals surface area contributed by atoms with Gasteiger partial charge in [0, 0.05) is 19.8 Å². The summed E-state index contributed by atoms with van der Waals surface area (Å²) < 4.78 is 10.9. The first-order valence-electron chi connectivity index (χ1n) is 7.07. The molecule has 4 heteroatoms. The van der Waals surface area contributed by atoms with E-state index in [2.05, 4.69) is 19.2 Å². The molecular weight excluding hydrogens is 230 g/mol. The molecule has 1 saturated heterocycles. The first-order valence-corrected chi connectivity index (χ1v) is 7.07. The molecule has 1 heterocycles. The summed E-state index contributed by atoms with van der Waals surface area (Å²) in [6, 6.07) is 0.231. The molecule has 0 bridgehead atoms. The van der Waals surface area contributed by atoms with Crippen LogP contribution in [-0.4, -0.2) is 37.9 Å². The molecule has 1 rings (SSSR count). The van der Waals surface area contributed by atoms with Crippen LogP contribution in [0.25, 0.3) is 0 Å². The first-order chi connectivity index (χ1) is 8.62. The molecule has 1 N–H and O–H groups in total. The zero-order chi connectivity index (χ0) is 13.5. The van der Waals surface area contributed by atoms with Crippen molar-refractivity contribution in [1.82, 2.24) is 5.32 Å². The highest BCUT2D eigenvalue weighted by atomic mass is 16.5. The molecule has 4 nitrogen and oxygen atoms in total. The Labute approximate surface area is 110 Å². The van der Waals surface area contributed by atoms with Gasteiger partial charge in [0.15, 0.2) is 0 Å². The van der Waals surface area contributed by atoms with E-state index >= 15 is 0 Å². The first kappa shape index (κ1) is 15.4. The normalized spacial score (nSPS) is 26.1. The van der Waals surface area contributed by atoms with E-state index in [0.717, 1.165) is 32.3 Å². The molecule has 0 aliphatic carbocycles. The molecule has 0 saturated carbocycles. The second kappa shape index (κ2) is 7.74. The molecule has 1 aliphatic rings. The minimum Gasteiger partial charge on any atom is -0.378 e. The van der Waals surface area contributed by atoms with Gasteiger partial charge in [-0.1, -0.05) is 26.7 Å². The monoisotopic (exact) mass is 257 g/mol. The van der Waals surface area contributed by atoms with E-state index in [-0.39, 0.29) is 24.2 Å². The largest absolute Gasteiger partial charge is 0.378 e. The van der Waals surface area contributed by atoms with E-state index in [1.54, 1.807) is 14.0 Å². The molecule has 1 amide bonds. The van der Waals surface area contributed by atoms with Crippen LogP contribution in [-0.2, 0) is 14.3 Å². The lowest BCUT2D eigenvalue weighted by atomic mass is 9.89. The summed E-state index contributed by atoms with van der Waals surface area (Å²) in [6.45, 7) is 6.92. The molecule has 3 atom stereocenters. The van der Waals surface area contributed by atoms with E-state index in [4.69, 9.17) is 9.47 Å². The smallest absolute Gasteiger partial charge is 0.249 e. The molecular formula is C14H27NO3. The highest BCUT2D eigenvalue weighted by Gasteiger charge is 2.29. The second-order valence-electron chi connectivity index (χ2n) is 5.09. The Bertz CT molecular complexity index is 253. The van der Waals surface area contributed by atoms with Crippen molar-refractivity contribution >= 4 is 5.91 Å². The molecule has 0 radical (unpaired) electrons. The van der Waals surface area contributed by atoms with Gasteiger partial charge in [0.1, 0.15) is 6.10 Å². The molecule has 0 aromatic carbocycles. The molecule has 1 aliphatic heterocycles. The molecule has 18 heavy (non-hydrogen) atoms. The van der Waals surface area contributed by atoms with Gasteiger partial charge in [-0.15, -0.1) is 0 Å². The van der Waals surface area contributed by atoms with E-state index < -0.39 is 0 Å². The zero-order valence-electron chi connectivity index (χ0n) is 12.1.